The van der Waals surface area contributed by atoms with Crippen LogP contribution < -0.4 is 10.4 Å². The number of halogens is 1. The van der Waals surface area contributed by atoms with E-state index in [1.165, 1.54) is 0 Å². The Balaban J connectivity index is 1.83. The van der Waals surface area contributed by atoms with E-state index in [1.54, 1.807) is 12.1 Å². The van der Waals surface area contributed by atoms with Crippen LogP contribution in [0.3, 0.4) is 0 Å². The monoisotopic (exact) mass is 360 g/mol. The molecule has 0 fully saturated rings. The first-order valence-corrected chi connectivity index (χ1v) is 8.98. The summed E-state index contributed by atoms with van der Waals surface area (Å²) >= 11 is 5.86. The van der Waals surface area contributed by atoms with Crippen LogP contribution in [0, 0.1) is 0 Å². The summed E-state index contributed by atoms with van der Waals surface area (Å²) in [6.07, 6.45) is 4.63. The summed E-state index contributed by atoms with van der Waals surface area (Å²) in [6, 6.07) is 17.4. The molecule has 0 amide bonds. The summed E-state index contributed by atoms with van der Waals surface area (Å²) in [5.74, 6) is 0.624. The number of fused-ring (bicyclic) bond motifs is 2. The fourth-order valence-corrected chi connectivity index (χ4v) is 3.51. The van der Waals surface area contributed by atoms with E-state index >= 15 is 0 Å². The van der Waals surface area contributed by atoms with Crippen LogP contribution in [0.25, 0.3) is 29.2 Å². The molecule has 1 aliphatic carbocycles. The number of hydrogen-bond donors (Lipinski definition) is 0. The molecule has 3 aromatic rings. The summed E-state index contributed by atoms with van der Waals surface area (Å²) < 4.78 is 5.78. The minimum absolute atomic E-state index is 0.359. The second-order valence-electron chi connectivity index (χ2n) is 6.29. The molecule has 0 heterocycles. The van der Waals surface area contributed by atoms with Crippen molar-refractivity contribution >= 4 is 46.8 Å². The van der Waals surface area contributed by atoms with E-state index in [1.807, 2.05) is 36.4 Å². The molecule has 3 aromatic carbocycles. The van der Waals surface area contributed by atoms with Gasteiger partial charge in [0.05, 0.1) is 5.56 Å². The third-order valence-electron chi connectivity index (χ3n) is 4.60. The number of esters is 1. The van der Waals surface area contributed by atoms with Crippen molar-refractivity contribution < 1.29 is 9.53 Å². The molecule has 0 aliphatic heterocycles. The third-order valence-corrected chi connectivity index (χ3v) is 4.91. The van der Waals surface area contributed by atoms with E-state index in [0.717, 1.165) is 32.3 Å². The highest BCUT2D eigenvalue weighted by Crippen LogP contribution is 2.18. The summed E-state index contributed by atoms with van der Waals surface area (Å²) in [5, 5.41) is 4.00. The van der Waals surface area contributed by atoms with Crippen molar-refractivity contribution in [3.63, 3.8) is 0 Å². The van der Waals surface area contributed by atoms with E-state index in [9.17, 15) is 4.79 Å². The zero-order valence-electron chi connectivity index (χ0n) is 14.2. The second-order valence-corrected chi connectivity index (χ2v) is 6.56. The fraction of sp³-hybridized carbons (Fsp3) is 0.0870. The highest BCUT2D eigenvalue weighted by molar-refractivity contribution is 6.17. The smallest absolute Gasteiger partial charge is 0.343 e. The molecule has 1 aliphatic rings. The third kappa shape index (κ3) is 2.93. The molecule has 2 nitrogen and oxygen atoms in total. The molecular formula is C23H17ClO2. The summed E-state index contributed by atoms with van der Waals surface area (Å²) in [5.41, 5.74) is 2.41. The fourth-order valence-electron chi connectivity index (χ4n) is 3.35. The average Bonchev–Trinajstić information content (AvgIpc) is 2.68. The lowest BCUT2D eigenvalue weighted by Crippen LogP contribution is -2.32. The summed E-state index contributed by atoms with van der Waals surface area (Å²) in [4.78, 5) is 12.6. The number of hydrogen-bond acceptors (Lipinski definition) is 2. The Morgan fingerprint density at radius 1 is 1.12 bits per heavy atom. The van der Waals surface area contributed by atoms with Crippen LogP contribution in [-0.4, -0.2) is 5.97 Å². The van der Waals surface area contributed by atoms with Crippen LogP contribution >= 0.6 is 11.6 Å². The van der Waals surface area contributed by atoms with E-state index < -0.39 is 0 Å². The maximum Gasteiger partial charge on any atom is 0.343 e. The minimum atomic E-state index is -0.374. The Labute approximate surface area is 156 Å². The van der Waals surface area contributed by atoms with Gasteiger partial charge in [-0.3, -0.25) is 0 Å². The Kier molecular flexibility index (Phi) is 4.36. The van der Waals surface area contributed by atoms with Crippen LogP contribution in [0.1, 0.15) is 27.9 Å². The molecule has 0 atom stereocenters. The molecule has 0 aromatic heterocycles. The quantitative estimate of drug-likeness (QED) is 0.512. The van der Waals surface area contributed by atoms with Crippen molar-refractivity contribution in [2.45, 2.75) is 12.3 Å². The first-order valence-electron chi connectivity index (χ1n) is 8.45. The van der Waals surface area contributed by atoms with Gasteiger partial charge in [0.15, 0.2) is 0 Å². The minimum Gasteiger partial charge on any atom is -0.426 e. The standard InChI is InChI=1S/C23H17ClO2/c1-15-20-10-3-2-7-17(20)13-18-8-5-11-21(22(15)18)26-23(25)19-9-4-6-16(12-19)14-24/h2-10,12-13H,1,11,14H2. The van der Waals surface area contributed by atoms with Crippen molar-refractivity contribution in [2.75, 3.05) is 0 Å². The number of benzene rings is 3. The van der Waals surface area contributed by atoms with Gasteiger partial charge in [-0.1, -0.05) is 55.1 Å². The Hall–Kier alpha value is -2.84. The van der Waals surface area contributed by atoms with Gasteiger partial charge in [0.1, 0.15) is 5.76 Å². The number of alkyl halides is 1. The van der Waals surface area contributed by atoms with Gasteiger partial charge in [0.25, 0.3) is 0 Å². The lowest BCUT2D eigenvalue weighted by atomic mass is 9.97. The van der Waals surface area contributed by atoms with Crippen molar-refractivity contribution in [3.8, 4) is 0 Å². The number of rotatable bonds is 3. The largest absolute Gasteiger partial charge is 0.426 e. The Morgan fingerprint density at radius 2 is 1.96 bits per heavy atom. The normalized spacial score (nSPS) is 12.9. The molecule has 0 N–H and O–H groups in total. The lowest BCUT2D eigenvalue weighted by molar-refractivity contribution is 0.0682. The summed E-state index contributed by atoms with van der Waals surface area (Å²) in [7, 11) is 0. The van der Waals surface area contributed by atoms with Gasteiger partial charge in [0.2, 0.25) is 0 Å². The van der Waals surface area contributed by atoms with Crippen LogP contribution in [-0.2, 0) is 10.6 Å². The number of carbonyl (C=O) groups excluding carboxylic acids is 1. The Morgan fingerprint density at radius 3 is 2.81 bits per heavy atom. The maximum atomic E-state index is 12.6. The predicted octanol–water partition coefficient (Wildman–Crippen LogP) is 4.37. The lowest BCUT2D eigenvalue weighted by Gasteiger charge is -2.14. The summed E-state index contributed by atoms with van der Waals surface area (Å²) in [6.45, 7) is 4.26. The zero-order valence-corrected chi connectivity index (χ0v) is 14.9. The van der Waals surface area contributed by atoms with E-state index in [-0.39, 0.29) is 5.97 Å². The van der Waals surface area contributed by atoms with E-state index in [0.29, 0.717) is 23.6 Å². The highest BCUT2D eigenvalue weighted by atomic mass is 35.5. The molecule has 4 rings (SSSR count). The van der Waals surface area contributed by atoms with E-state index in [4.69, 9.17) is 16.3 Å². The van der Waals surface area contributed by atoms with Gasteiger partial charge in [-0.2, -0.15) is 0 Å². The van der Waals surface area contributed by atoms with Crippen molar-refractivity contribution in [1.29, 1.82) is 0 Å². The van der Waals surface area contributed by atoms with Gasteiger partial charge in [-0.25, -0.2) is 4.79 Å². The Bertz CT molecular complexity index is 1160. The topological polar surface area (TPSA) is 26.3 Å². The SMILES string of the molecule is C=c1c2c(cc3ccccc13)C=CCC=2OC(=O)c1cccc(CCl)c1. The van der Waals surface area contributed by atoms with Crippen LogP contribution in [0.5, 0.6) is 0 Å². The van der Waals surface area contributed by atoms with Crippen LogP contribution in [0.2, 0.25) is 0 Å². The van der Waals surface area contributed by atoms with Crippen LogP contribution in [0.4, 0.5) is 0 Å². The average molecular weight is 361 g/mol. The second kappa shape index (κ2) is 6.81. The molecule has 0 spiro atoms. The van der Waals surface area contributed by atoms with E-state index in [2.05, 4.69) is 24.8 Å². The molecule has 26 heavy (non-hydrogen) atoms. The van der Waals surface area contributed by atoms with Crippen molar-refractivity contribution in [3.05, 3.63) is 87.8 Å². The molecule has 0 saturated carbocycles. The zero-order chi connectivity index (χ0) is 18.1. The van der Waals surface area contributed by atoms with Gasteiger partial charge < -0.3 is 4.74 Å². The number of ether oxygens (including phenoxy) is 1. The maximum absolute atomic E-state index is 12.6. The first-order chi connectivity index (χ1) is 12.7. The van der Waals surface area contributed by atoms with Crippen LogP contribution in [0.15, 0.2) is 60.7 Å². The van der Waals surface area contributed by atoms with Gasteiger partial charge in [-0.15, -0.1) is 11.6 Å². The molecule has 0 radical (unpaired) electrons. The number of carbonyl (C=O) groups is 1. The first kappa shape index (κ1) is 16.6. The highest BCUT2D eigenvalue weighted by Gasteiger charge is 2.15. The molecule has 3 heteroatoms. The molecule has 0 bridgehead atoms. The van der Waals surface area contributed by atoms with Gasteiger partial charge in [-0.05, 0) is 45.3 Å². The van der Waals surface area contributed by atoms with Gasteiger partial charge in [0, 0.05) is 17.5 Å². The molecule has 0 saturated heterocycles. The molecule has 0 unspecified atom stereocenters. The van der Waals surface area contributed by atoms with Crippen molar-refractivity contribution in [1.82, 2.24) is 0 Å². The van der Waals surface area contributed by atoms with Crippen molar-refractivity contribution in [2.24, 2.45) is 0 Å². The molecule has 128 valence electrons. The van der Waals surface area contributed by atoms with Gasteiger partial charge >= 0.3 is 5.97 Å². The molecular weight excluding hydrogens is 344 g/mol. The predicted molar refractivity (Wildman–Crippen MR) is 107 cm³/mol.